The van der Waals surface area contributed by atoms with Gasteiger partial charge < -0.3 is 15.2 Å². The van der Waals surface area contributed by atoms with Crippen molar-refractivity contribution < 1.29 is 19.4 Å². The van der Waals surface area contributed by atoms with Gasteiger partial charge in [-0.2, -0.15) is 0 Å². The number of halogens is 2. The van der Waals surface area contributed by atoms with Crippen molar-refractivity contribution in [1.82, 2.24) is 10.2 Å². The predicted molar refractivity (Wildman–Crippen MR) is 144 cm³/mol. The Bertz CT molecular complexity index is 1090. The van der Waals surface area contributed by atoms with Crippen LogP contribution in [0.4, 0.5) is 4.79 Å². The molecule has 0 spiro atoms. The van der Waals surface area contributed by atoms with E-state index < -0.39 is 11.5 Å². The quantitative estimate of drug-likeness (QED) is 0.270. The molecule has 8 heteroatoms. The fraction of sp³-hybridized carbons (Fsp3) is 0.385. The van der Waals surface area contributed by atoms with Crippen molar-refractivity contribution in [2.45, 2.75) is 42.6 Å². The summed E-state index contributed by atoms with van der Waals surface area (Å²) < 4.78 is 5.33. The lowest BCUT2D eigenvalue weighted by atomic mass is 9.79. The fourth-order valence-corrected chi connectivity index (χ4v) is 4.47. The van der Waals surface area contributed by atoms with E-state index in [0.29, 0.717) is 18.2 Å². The number of methoxy groups -OCH3 is 1. The van der Waals surface area contributed by atoms with Crippen molar-refractivity contribution in [2.24, 2.45) is 0 Å². The fourth-order valence-electron chi connectivity index (χ4n) is 3.93. The smallest absolute Gasteiger partial charge is 0.335 e. The molecule has 1 heterocycles. The number of rotatable bonds is 9. The highest BCUT2D eigenvalue weighted by Gasteiger charge is 2.39. The van der Waals surface area contributed by atoms with Gasteiger partial charge in [0, 0.05) is 27.3 Å². The minimum Gasteiger partial charge on any atom is -0.478 e. The molecule has 2 N–H and O–H groups in total. The summed E-state index contributed by atoms with van der Waals surface area (Å²) in [7, 11) is 1.59. The van der Waals surface area contributed by atoms with E-state index in [0.717, 1.165) is 35.1 Å². The van der Waals surface area contributed by atoms with Crippen LogP contribution in [0.25, 0.3) is 5.57 Å². The van der Waals surface area contributed by atoms with Gasteiger partial charge in [0.1, 0.15) is 0 Å². The molecule has 2 amide bonds. The monoisotopic (exact) mass is 596 g/mol. The number of nitrogens with one attached hydrogen (secondary N) is 1. The lowest BCUT2D eigenvalue weighted by molar-refractivity contribution is 0.0697. The summed E-state index contributed by atoms with van der Waals surface area (Å²) in [5.74, 6) is -0.987. The summed E-state index contributed by atoms with van der Waals surface area (Å²) in [5, 5.41) is 13.1. The molecular formula is C26H30ClIN2O4. The van der Waals surface area contributed by atoms with Gasteiger partial charge in [-0.25, -0.2) is 9.59 Å². The van der Waals surface area contributed by atoms with Crippen LogP contribution < -0.4 is 5.32 Å². The zero-order chi connectivity index (χ0) is 25.1. The molecular weight excluding hydrogens is 567 g/mol. The maximum absolute atomic E-state index is 13.0. The van der Waals surface area contributed by atoms with Gasteiger partial charge in [0.25, 0.3) is 0 Å². The van der Waals surface area contributed by atoms with Gasteiger partial charge in [0.2, 0.25) is 0 Å². The zero-order valence-electron chi connectivity index (χ0n) is 19.8. The van der Waals surface area contributed by atoms with Crippen LogP contribution in [0.3, 0.4) is 0 Å². The van der Waals surface area contributed by atoms with Crippen molar-refractivity contribution >= 4 is 51.8 Å². The van der Waals surface area contributed by atoms with E-state index >= 15 is 0 Å². The molecule has 0 saturated heterocycles. The Hall–Kier alpha value is -2.10. The molecule has 0 fully saturated rings. The van der Waals surface area contributed by atoms with Gasteiger partial charge >= 0.3 is 12.0 Å². The van der Waals surface area contributed by atoms with Crippen LogP contribution in [0.15, 0.2) is 48.7 Å². The molecule has 0 unspecified atom stereocenters. The van der Waals surface area contributed by atoms with Gasteiger partial charge in [0.15, 0.2) is 0 Å². The van der Waals surface area contributed by atoms with Crippen LogP contribution in [0.1, 0.15) is 54.2 Å². The number of hydrogen-bond donors (Lipinski definition) is 2. The number of carbonyl (C=O) groups is 2. The third-order valence-corrected chi connectivity index (χ3v) is 6.93. The zero-order valence-corrected chi connectivity index (χ0v) is 22.7. The molecule has 0 saturated carbocycles. The highest BCUT2D eigenvalue weighted by molar-refractivity contribution is 14.1. The highest BCUT2D eigenvalue weighted by Crippen LogP contribution is 2.40. The topological polar surface area (TPSA) is 78.9 Å². The Balaban J connectivity index is 2.04. The SMILES string of the molecule is COCCN1C=C(c2ccc(C(=O)O)cc2)[C@](C)(c2ccc(CCC(C)(C)I)c(Cl)c2)NC1=O. The Morgan fingerprint density at radius 3 is 2.47 bits per heavy atom. The van der Waals surface area contributed by atoms with Gasteiger partial charge in [0.05, 0.1) is 24.3 Å². The van der Waals surface area contributed by atoms with E-state index in [2.05, 4.69) is 41.8 Å². The van der Waals surface area contributed by atoms with Gasteiger partial charge in [-0.15, -0.1) is 0 Å². The number of hydrogen-bond acceptors (Lipinski definition) is 3. The lowest BCUT2D eigenvalue weighted by Crippen LogP contribution is -2.53. The maximum atomic E-state index is 13.0. The van der Waals surface area contributed by atoms with Crippen LogP contribution in [0.5, 0.6) is 0 Å². The molecule has 0 aromatic heterocycles. The van der Waals surface area contributed by atoms with E-state index in [1.54, 1.807) is 36.3 Å². The lowest BCUT2D eigenvalue weighted by Gasteiger charge is -2.41. The average Bonchev–Trinajstić information content (AvgIpc) is 2.77. The first-order valence-electron chi connectivity index (χ1n) is 11.1. The number of ether oxygens (including phenoxy) is 1. The number of carbonyl (C=O) groups excluding carboxylic acids is 1. The van der Waals surface area contributed by atoms with Crippen molar-refractivity contribution in [2.75, 3.05) is 20.3 Å². The van der Waals surface area contributed by atoms with Gasteiger partial charge in [-0.3, -0.25) is 4.90 Å². The summed E-state index contributed by atoms with van der Waals surface area (Å²) in [6.07, 6.45) is 3.67. The number of aromatic carboxylic acids is 1. The molecule has 0 radical (unpaired) electrons. The first kappa shape index (κ1) is 26.5. The standard InChI is InChI=1S/C26H30ClIN2O4/c1-25(2,28)12-11-18-9-10-20(15-22(18)27)26(3)21(16-30(13-14-34-4)24(33)29-26)17-5-7-19(8-6-17)23(31)32/h5-10,15-16H,11-14H2,1-4H3,(H,29,33)(H,31,32)/t26-/m0/s1. The highest BCUT2D eigenvalue weighted by atomic mass is 127. The van der Waals surface area contributed by atoms with Crippen LogP contribution >= 0.6 is 34.2 Å². The molecule has 0 aliphatic carbocycles. The van der Waals surface area contributed by atoms with E-state index in [9.17, 15) is 14.7 Å². The first-order valence-corrected chi connectivity index (χ1v) is 12.5. The van der Waals surface area contributed by atoms with Crippen LogP contribution in [-0.4, -0.2) is 45.7 Å². The number of benzene rings is 2. The van der Waals surface area contributed by atoms with Crippen molar-refractivity contribution in [3.63, 3.8) is 0 Å². The minimum atomic E-state index is -0.987. The number of aryl methyl sites for hydroxylation is 1. The molecule has 34 heavy (non-hydrogen) atoms. The molecule has 182 valence electrons. The van der Waals surface area contributed by atoms with E-state index in [1.807, 2.05) is 31.3 Å². The molecule has 3 rings (SSSR count). The second-order valence-electron chi connectivity index (χ2n) is 9.19. The summed E-state index contributed by atoms with van der Waals surface area (Å²) in [6.45, 7) is 7.10. The van der Waals surface area contributed by atoms with E-state index in [1.165, 1.54) is 0 Å². The Morgan fingerprint density at radius 2 is 1.91 bits per heavy atom. The van der Waals surface area contributed by atoms with Crippen molar-refractivity contribution in [1.29, 1.82) is 0 Å². The second kappa shape index (κ2) is 10.7. The van der Waals surface area contributed by atoms with Gasteiger partial charge in [-0.05, 0) is 54.7 Å². The van der Waals surface area contributed by atoms with E-state index in [-0.39, 0.29) is 15.0 Å². The Labute approximate surface area is 219 Å². The van der Waals surface area contributed by atoms with Crippen molar-refractivity contribution in [3.05, 3.63) is 75.9 Å². The Morgan fingerprint density at radius 1 is 1.24 bits per heavy atom. The molecule has 0 bridgehead atoms. The summed E-state index contributed by atoms with van der Waals surface area (Å²) in [6, 6.07) is 12.4. The molecule has 2 aromatic carbocycles. The number of urea groups is 1. The number of carboxylic acid groups (broad SMARTS) is 1. The van der Waals surface area contributed by atoms with E-state index in [4.69, 9.17) is 16.3 Å². The van der Waals surface area contributed by atoms with Crippen LogP contribution in [0, 0.1) is 0 Å². The van der Waals surface area contributed by atoms with Crippen LogP contribution in [0.2, 0.25) is 5.02 Å². The third kappa shape index (κ3) is 6.12. The summed E-state index contributed by atoms with van der Waals surface area (Å²) >= 11 is 9.14. The number of alkyl halides is 1. The average molecular weight is 597 g/mol. The second-order valence-corrected chi connectivity index (χ2v) is 12.5. The molecule has 1 aliphatic rings. The van der Waals surface area contributed by atoms with Gasteiger partial charge in [-0.1, -0.05) is 72.3 Å². The number of amides is 2. The Kier molecular flexibility index (Phi) is 8.31. The third-order valence-electron chi connectivity index (χ3n) is 6.04. The summed E-state index contributed by atoms with van der Waals surface area (Å²) in [4.78, 5) is 25.9. The first-order chi connectivity index (χ1) is 15.9. The molecule has 1 aliphatic heterocycles. The molecule has 1 atom stereocenters. The summed E-state index contributed by atoms with van der Waals surface area (Å²) in [5.41, 5.74) is 2.89. The van der Waals surface area contributed by atoms with Crippen molar-refractivity contribution in [3.8, 4) is 0 Å². The minimum absolute atomic E-state index is 0.173. The largest absolute Gasteiger partial charge is 0.478 e. The number of nitrogens with zero attached hydrogens (tertiary/aromatic N) is 1. The van der Waals surface area contributed by atoms with Crippen LogP contribution in [-0.2, 0) is 16.7 Å². The predicted octanol–water partition coefficient (Wildman–Crippen LogP) is 6.11. The normalized spacial score (nSPS) is 18.5. The molecule has 6 nitrogen and oxygen atoms in total. The molecule has 2 aromatic rings. The maximum Gasteiger partial charge on any atom is 0.335 e. The number of carboxylic acids is 1.